The Hall–Kier alpha value is -3.38. The summed E-state index contributed by atoms with van der Waals surface area (Å²) in [4.78, 5) is 63.9. The van der Waals surface area contributed by atoms with E-state index >= 15 is 0 Å². The van der Waals surface area contributed by atoms with Gasteiger partial charge in [-0.05, 0) is 12.5 Å². The third-order valence-electron chi connectivity index (χ3n) is 6.13. The molecule has 39 heavy (non-hydrogen) atoms. The van der Waals surface area contributed by atoms with Gasteiger partial charge >= 0.3 is 19.2 Å². The summed E-state index contributed by atoms with van der Waals surface area (Å²) in [7, 11) is -4.83. The Morgan fingerprint density at radius 1 is 1.10 bits per heavy atom. The van der Waals surface area contributed by atoms with Crippen molar-refractivity contribution < 1.29 is 38.2 Å². The van der Waals surface area contributed by atoms with Crippen LogP contribution in [0.1, 0.15) is 24.4 Å². The van der Waals surface area contributed by atoms with Crippen LogP contribution in [0.25, 0.3) is 10.4 Å². The highest BCUT2D eigenvalue weighted by molar-refractivity contribution is 7.47. The van der Waals surface area contributed by atoms with E-state index in [2.05, 4.69) is 15.0 Å². The number of phosphoric ester groups is 1. The number of hydrogen-bond donors (Lipinski definition) is 5. The molecule has 19 nitrogen and oxygen atoms in total. The SMILES string of the molecule is Cc1cn([C@H]2C[C@H](N=[N+]=[N-])[C@@H](COP(=O)(O)OC[C@H]3O[C@@H](n4ccc(=O)[nH]c4=O)[C@H](O)[C@@H]3O)O2)c(=O)[nH]c1=O. The first-order valence-electron chi connectivity index (χ1n) is 11.4. The fourth-order valence-electron chi connectivity index (χ4n) is 4.12. The number of aryl methyl sites for hydroxylation is 1. The maximum absolute atomic E-state index is 12.5. The molecule has 2 aromatic rings. The second kappa shape index (κ2) is 11.4. The van der Waals surface area contributed by atoms with E-state index in [1.807, 2.05) is 4.98 Å². The van der Waals surface area contributed by atoms with Crippen molar-refractivity contribution in [3.63, 3.8) is 0 Å². The summed E-state index contributed by atoms with van der Waals surface area (Å²) in [6.07, 6.45) is -5.84. The normalized spacial score (nSPS) is 30.1. The topological polar surface area (TPSA) is 273 Å². The first-order chi connectivity index (χ1) is 18.4. The minimum Gasteiger partial charge on any atom is -0.387 e. The Labute approximate surface area is 216 Å². The van der Waals surface area contributed by atoms with E-state index < -0.39 is 86.4 Å². The van der Waals surface area contributed by atoms with E-state index in [0.717, 1.165) is 21.4 Å². The average Bonchev–Trinajstić information content (AvgIpc) is 3.40. The highest BCUT2D eigenvalue weighted by Crippen LogP contribution is 2.45. The number of nitrogens with zero attached hydrogens (tertiary/aromatic N) is 5. The molecule has 2 aliphatic heterocycles. The van der Waals surface area contributed by atoms with Gasteiger partial charge in [-0.3, -0.25) is 37.7 Å². The number of phosphoric acid groups is 1. The van der Waals surface area contributed by atoms with Crippen molar-refractivity contribution in [1.29, 1.82) is 0 Å². The van der Waals surface area contributed by atoms with Crippen molar-refractivity contribution in [3.8, 4) is 0 Å². The van der Waals surface area contributed by atoms with Crippen LogP contribution >= 0.6 is 7.82 Å². The van der Waals surface area contributed by atoms with E-state index in [9.17, 15) is 38.8 Å². The third kappa shape index (κ3) is 6.27. The summed E-state index contributed by atoms with van der Waals surface area (Å²) < 4.78 is 35.3. The largest absolute Gasteiger partial charge is 0.472 e. The van der Waals surface area contributed by atoms with Gasteiger partial charge in [0.2, 0.25) is 0 Å². The van der Waals surface area contributed by atoms with Crippen LogP contribution in [0.15, 0.2) is 42.8 Å². The molecule has 2 aliphatic rings. The van der Waals surface area contributed by atoms with Crippen LogP contribution in [0, 0.1) is 6.92 Å². The number of rotatable bonds is 9. The van der Waals surface area contributed by atoms with Gasteiger partial charge in [0.15, 0.2) is 6.23 Å². The number of aliphatic hydroxyl groups is 2. The lowest BCUT2D eigenvalue weighted by Gasteiger charge is -2.20. The van der Waals surface area contributed by atoms with Gasteiger partial charge in [-0.1, -0.05) is 5.11 Å². The molecule has 5 N–H and O–H groups in total. The summed E-state index contributed by atoms with van der Waals surface area (Å²) in [6.45, 7) is 0.109. The van der Waals surface area contributed by atoms with Gasteiger partial charge in [-0.2, -0.15) is 0 Å². The minimum atomic E-state index is -4.83. The molecule has 0 radical (unpaired) electrons. The highest BCUT2D eigenvalue weighted by atomic mass is 31.2. The van der Waals surface area contributed by atoms with E-state index in [-0.39, 0.29) is 12.0 Å². The van der Waals surface area contributed by atoms with Crippen molar-refractivity contribution >= 4 is 7.82 Å². The Morgan fingerprint density at radius 2 is 1.77 bits per heavy atom. The molecule has 1 unspecified atom stereocenters. The summed E-state index contributed by atoms with van der Waals surface area (Å²) in [6, 6.07) is 0.0860. The minimum absolute atomic E-state index is 0.00836. The van der Waals surface area contributed by atoms with Gasteiger partial charge < -0.3 is 24.6 Å². The summed E-state index contributed by atoms with van der Waals surface area (Å²) in [5.74, 6) is 0. The van der Waals surface area contributed by atoms with Gasteiger partial charge in [0.25, 0.3) is 11.1 Å². The fraction of sp³-hybridized carbons (Fsp3) is 0.579. The first kappa shape index (κ1) is 28.6. The van der Waals surface area contributed by atoms with E-state index in [1.165, 1.54) is 13.1 Å². The van der Waals surface area contributed by atoms with Gasteiger partial charge in [-0.15, -0.1) is 0 Å². The van der Waals surface area contributed by atoms with Gasteiger partial charge in [0.05, 0.1) is 25.4 Å². The molecule has 0 aromatic carbocycles. The van der Waals surface area contributed by atoms with Gasteiger partial charge in [0.1, 0.15) is 24.5 Å². The van der Waals surface area contributed by atoms with Crippen LogP contribution in [-0.2, 0) is 23.1 Å². The quantitative estimate of drug-likeness (QED) is 0.0953. The van der Waals surface area contributed by atoms with Crippen molar-refractivity contribution in [2.75, 3.05) is 13.2 Å². The van der Waals surface area contributed by atoms with E-state index in [4.69, 9.17) is 24.1 Å². The van der Waals surface area contributed by atoms with Crippen LogP contribution in [0.3, 0.4) is 0 Å². The lowest BCUT2D eigenvalue weighted by Crippen LogP contribution is -2.37. The summed E-state index contributed by atoms with van der Waals surface area (Å²) in [5.41, 5.74) is 6.13. The van der Waals surface area contributed by atoms with Crippen LogP contribution in [0.2, 0.25) is 0 Å². The molecule has 0 amide bonds. The summed E-state index contributed by atoms with van der Waals surface area (Å²) in [5, 5.41) is 24.1. The number of nitrogens with one attached hydrogen (secondary N) is 2. The predicted octanol–water partition coefficient (Wildman–Crippen LogP) is -1.89. The molecule has 0 aliphatic carbocycles. The monoisotopic (exact) mass is 573 g/mol. The first-order valence-corrected chi connectivity index (χ1v) is 12.9. The van der Waals surface area contributed by atoms with Crippen molar-refractivity contribution in [3.05, 3.63) is 76.1 Å². The zero-order chi connectivity index (χ0) is 28.5. The molecule has 2 saturated heterocycles. The summed E-state index contributed by atoms with van der Waals surface area (Å²) >= 11 is 0. The highest BCUT2D eigenvalue weighted by Gasteiger charge is 2.45. The number of aliphatic hydroxyl groups excluding tert-OH is 2. The fourth-order valence-corrected chi connectivity index (χ4v) is 4.87. The number of aromatic amines is 2. The molecule has 2 fully saturated rings. The Morgan fingerprint density at radius 3 is 2.44 bits per heavy atom. The molecule has 212 valence electrons. The number of aromatic nitrogens is 4. The Bertz CT molecular complexity index is 1540. The van der Waals surface area contributed by atoms with Crippen LogP contribution in [0.4, 0.5) is 0 Å². The number of azide groups is 1. The molecule has 2 aromatic heterocycles. The van der Waals surface area contributed by atoms with Crippen molar-refractivity contribution in [2.24, 2.45) is 5.11 Å². The molecule has 0 saturated carbocycles. The maximum Gasteiger partial charge on any atom is 0.472 e. The number of H-pyrrole nitrogens is 2. The van der Waals surface area contributed by atoms with Crippen molar-refractivity contribution in [2.45, 2.75) is 56.3 Å². The Balaban J connectivity index is 1.37. The second-order valence-electron chi connectivity index (χ2n) is 8.74. The molecule has 4 rings (SSSR count). The van der Waals surface area contributed by atoms with Gasteiger partial charge in [0, 0.05) is 35.4 Å². The Kier molecular flexibility index (Phi) is 8.36. The zero-order valence-electron chi connectivity index (χ0n) is 20.1. The smallest absolute Gasteiger partial charge is 0.387 e. The average molecular weight is 573 g/mol. The van der Waals surface area contributed by atoms with E-state index in [0.29, 0.717) is 0 Å². The molecule has 8 atom stereocenters. The maximum atomic E-state index is 12.5. The molecule has 20 heteroatoms. The third-order valence-corrected chi connectivity index (χ3v) is 7.08. The molecular weight excluding hydrogens is 549 g/mol. The van der Waals surface area contributed by atoms with Gasteiger partial charge in [-0.25, -0.2) is 14.2 Å². The zero-order valence-corrected chi connectivity index (χ0v) is 21.0. The molecule has 0 spiro atoms. The molecular formula is C19H24N7O12P. The van der Waals surface area contributed by atoms with Crippen LogP contribution in [-0.4, -0.2) is 77.9 Å². The second-order valence-corrected chi connectivity index (χ2v) is 10.2. The van der Waals surface area contributed by atoms with E-state index in [1.54, 1.807) is 0 Å². The standard InChI is InChI=1S/C19H24N7O12P/c1-8-5-26(19(32)22-16(8)30)13-4-9(23-24-20)10(37-13)6-35-39(33,34)36-7-11-14(28)15(29)17(38-11)25-3-2-12(27)21-18(25)31/h2-3,5,9-11,13-15,17,28-29H,4,6-7H2,1H3,(H,33,34)(H,21,27,31)(H,22,30,32)/t9-,10+,11+,13+,14+,15+,17+/m0/s1. The predicted molar refractivity (Wildman–Crippen MR) is 126 cm³/mol. The lowest BCUT2D eigenvalue weighted by molar-refractivity contribution is -0.0583. The lowest BCUT2D eigenvalue weighted by atomic mass is 10.1. The van der Waals surface area contributed by atoms with Crippen LogP contribution < -0.4 is 22.5 Å². The van der Waals surface area contributed by atoms with Crippen molar-refractivity contribution in [1.82, 2.24) is 19.1 Å². The number of ether oxygens (including phenoxy) is 2. The van der Waals surface area contributed by atoms with Crippen LogP contribution in [0.5, 0.6) is 0 Å². The molecule has 4 heterocycles. The number of hydrogen-bond acceptors (Lipinski definition) is 12. The molecule has 0 bridgehead atoms.